The number of rotatable bonds is 0. The van der Waals surface area contributed by atoms with Crippen molar-refractivity contribution in [3.05, 3.63) is 0 Å². The quantitative estimate of drug-likeness (QED) is 0.420. The van der Waals surface area contributed by atoms with Crippen molar-refractivity contribution < 1.29 is 7.59 Å². The van der Waals surface area contributed by atoms with Gasteiger partial charge in [0.1, 0.15) is 0 Å². The van der Waals surface area contributed by atoms with Gasteiger partial charge in [0.2, 0.25) is 0 Å². The van der Waals surface area contributed by atoms with Crippen LogP contribution in [-0.4, -0.2) is 51.0 Å². The predicted octanol–water partition coefficient (Wildman–Crippen LogP) is 0.641. The molecule has 1 heterocycles. The summed E-state index contributed by atoms with van der Waals surface area (Å²) in [5, 5.41) is 0. The van der Waals surface area contributed by atoms with E-state index < -0.39 is 0 Å². The van der Waals surface area contributed by atoms with E-state index in [1.54, 1.807) is 0 Å². The third kappa shape index (κ3) is 2.40. The molecular formula is C4H10CaO. The molecule has 1 saturated heterocycles. The zero-order valence-corrected chi connectivity index (χ0v) is 6.15. The molecule has 1 aliphatic heterocycles. The summed E-state index contributed by atoms with van der Waals surface area (Å²) < 4.78 is 4.94. The standard InChI is InChI=1S/C4H8O.Ca.2H/c1-2-4-5-3-1;;;/h1-4H2;;;/q;+2;2*-1. The molecule has 0 atom stereocenters. The smallest absolute Gasteiger partial charge is 1.00 e. The summed E-state index contributed by atoms with van der Waals surface area (Å²) in [4.78, 5) is 0. The van der Waals surface area contributed by atoms with Crippen molar-refractivity contribution in [2.45, 2.75) is 12.8 Å². The van der Waals surface area contributed by atoms with E-state index in [1.165, 1.54) is 12.8 Å². The van der Waals surface area contributed by atoms with E-state index in [4.69, 9.17) is 4.74 Å². The third-order valence-corrected chi connectivity index (χ3v) is 0.827. The molecule has 6 heavy (non-hydrogen) atoms. The Morgan fingerprint density at radius 3 is 1.83 bits per heavy atom. The summed E-state index contributed by atoms with van der Waals surface area (Å²) in [6, 6.07) is 0. The Morgan fingerprint density at radius 2 is 1.67 bits per heavy atom. The first-order valence-electron chi connectivity index (χ1n) is 2.08. The minimum atomic E-state index is 0. The summed E-state index contributed by atoms with van der Waals surface area (Å²) in [5.41, 5.74) is 0. The van der Waals surface area contributed by atoms with Crippen LogP contribution in [0.1, 0.15) is 15.7 Å². The van der Waals surface area contributed by atoms with Crippen LogP contribution in [0.25, 0.3) is 0 Å². The molecule has 0 bridgehead atoms. The molecule has 34 valence electrons. The van der Waals surface area contributed by atoms with Crippen molar-refractivity contribution in [2.75, 3.05) is 13.2 Å². The second-order valence-corrected chi connectivity index (χ2v) is 1.32. The molecule has 1 rings (SSSR count). The number of hydrogen-bond donors (Lipinski definition) is 0. The van der Waals surface area contributed by atoms with Gasteiger partial charge >= 0.3 is 37.7 Å². The molecule has 0 aromatic heterocycles. The fourth-order valence-corrected chi connectivity index (χ4v) is 0.510. The fraction of sp³-hybridized carbons (Fsp3) is 1.00. The van der Waals surface area contributed by atoms with Gasteiger partial charge in [0, 0.05) is 13.2 Å². The van der Waals surface area contributed by atoms with Gasteiger partial charge in [0.25, 0.3) is 0 Å². The van der Waals surface area contributed by atoms with E-state index in [2.05, 4.69) is 0 Å². The Balaban J connectivity index is -0.0000000833. The first kappa shape index (κ1) is 7.22. The second-order valence-electron chi connectivity index (χ2n) is 1.32. The van der Waals surface area contributed by atoms with Crippen molar-refractivity contribution in [1.29, 1.82) is 0 Å². The van der Waals surface area contributed by atoms with Gasteiger partial charge in [-0.25, -0.2) is 0 Å². The molecule has 0 aliphatic carbocycles. The average Bonchev–Trinajstić information content (AvgIpc) is 1.76. The topological polar surface area (TPSA) is 9.23 Å². The second kappa shape index (κ2) is 4.38. The Hall–Kier alpha value is 1.22. The maximum atomic E-state index is 4.94. The number of ether oxygens (including phenoxy) is 1. The zero-order chi connectivity index (χ0) is 3.54. The van der Waals surface area contributed by atoms with Crippen LogP contribution in [0.5, 0.6) is 0 Å². The van der Waals surface area contributed by atoms with Crippen LogP contribution < -0.4 is 0 Å². The van der Waals surface area contributed by atoms with Crippen molar-refractivity contribution in [2.24, 2.45) is 0 Å². The molecule has 1 nitrogen and oxygen atoms in total. The minimum absolute atomic E-state index is 0. The van der Waals surface area contributed by atoms with Crippen molar-refractivity contribution >= 4 is 37.7 Å². The van der Waals surface area contributed by atoms with Gasteiger partial charge in [-0.3, -0.25) is 0 Å². The van der Waals surface area contributed by atoms with Gasteiger partial charge in [-0.2, -0.15) is 0 Å². The maximum absolute atomic E-state index is 4.94. The molecule has 1 fully saturated rings. The van der Waals surface area contributed by atoms with Gasteiger partial charge in [-0.1, -0.05) is 0 Å². The molecule has 0 N–H and O–H groups in total. The molecular weight excluding hydrogens is 104 g/mol. The van der Waals surface area contributed by atoms with Gasteiger partial charge in [-0.05, 0) is 12.8 Å². The molecule has 0 saturated carbocycles. The molecule has 1 aliphatic rings. The van der Waals surface area contributed by atoms with E-state index in [0.29, 0.717) is 0 Å². The van der Waals surface area contributed by atoms with Crippen LogP contribution in [0.4, 0.5) is 0 Å². The molecule has 0 unspecified atom stereocenters. The Kier molecular flexibility index (Phi) is 5.27. The van der Waals surface area contributed by atoms with E-state index in [9.17, 15) is 0 Å². The van der Waals surface area contributed by atoms with E-state index in [1.807, 2.05) is 0 Å². The van der Waals surface area contributed by atoms with E-state index in [-0.39, 0.29) is 40.6 Å². The normalized spacial score (nSPS) is 20.0. The summed E-state index contributed by atoms with van der Waals surface area (Å²) >= 11 is 0. The molecule has 0 radical (unpaired) electrons. The van der Waals surface area contributed by atoms with Gasteiger partial charge in [0.05, 0.1) is 0 Å². The fourth-order valence-electron chi connectivity index (χ4n) is 0.510. The van der Waals surface area contributed by atoms with Crippen LogP contribution in [0, 0.1) is 0 Å². The van der Waals surface area contributed by atoms with Gasteiger partial charge < -0.3 is 7.59 Å². The van der Waals surface area contributed by atoms with Gasteiger partial charge in [-0.15, -0.1) is 0 Å². The SMILES string of the molecule is C1CCOC1.[Ca+2].[H-].[H-]. The summed E-state index contributed by atoms with van der Waals surface area (Å²) in [5.74, 6) is 0. The molecule has 0 aromatic rings. The van der Waals surface area contributed by atoms with Crippen LogP contribution in [-0.2, 0) is 4.74 Å². The van der Waals surface area contributed by atoms with Crippen molar-refractivity contribution in [1.82, 2.24) is 0 Å². The first-order chi connectivity index (χ1) is 2.50. The van der Waals surface area contributed by atoms with Crippen LogP contribution in [0.2, 0.25) is 0 Å². The zero-order valence-electron chi connectivity index (χ0n) is 5.94. The minimum Gasteiger partial charge on any atom is -1.00 e. The monoisotopic (exact) mass is 114 g/mol. The Labute approximate surface area is 71.0 Å². The van der Waals surface area contributed by atoms with Crippen molar-refractivity contribution in [3.63, 3.8) is 0 Å². The molecule has 0 spiro atoms. The van der Waals surface area contributed by atoms with Crippen LogP contribution in [0.15, 0.2) is 0 Å². The summed E-state index contributed by atoms with van der Waals surface area (Å²) in [7, 11) is 0. The Morgan fingerprint density at radius 1 is 1.17 bits per heavy atom. The average molecular weight is 114 g/mol. The third-order valence-electron chi connectivity index (χ3n) is 0.827. The number of hydrogen-bond acceptors (Lipinski definition) is 1. The molecule has 2 heteroatoms. The predicted molar refractivity (Wildman–Crippen MR) is 28.0 cm³/mol. The Bertz CT molecular complexity index is 25.6. The molecule has 0 aromatic carbocycles. The van der Waals surface area contributed by atoms with E-state index >= 15 is 0 Å². The summed E-state index contributed by atoms with van der Waals surface area (Å²) in [6.07, 6.45) is 2.56. The summed E-state index contributed by atoms with van der Waals surface area (Å²) in [6.45, 7) is 2.00. The van der Waals surface area contributed by atoms with Crippen LogP contribution in [0.3, 0.4) is 0 Å². The largest absolute Gasteiger partial charge is 2.00 e. The van der Waals surface area contributed by atoms with E-state index in [0.717, 1.165) is 13.2 Å². The van der Waals surface area contributed by atoms with Crippen LogP contribution >= 0.6 is 0 Å². The van der Waals surface area contributed by atoms with Gasteiger partial charge in [0.15, 0.2) is 0 Å². The molecule has 0 amide bonds. The maximum Gasteiger partial charge on any atom is 2.00 e. The van der Waals surface area contributed by atoms with Crippen molar-refractivity contribution in [3.8, 4) is 0 Å². The first-order valence-corrected chi connectivity index (χ1v) is 2.08.